The van der Waals surface area contributed by atoms with E-state index in [1.54, 1.807) is 0 Å². The minimum atomic E-state index is -1.40. The number of nitrogens with zero attached hydrogens (tertiary/aromatic N) is 1. The third-order valence-electron chi connectivity index (χ3n) is 9.04. The van der Waals surface area contributed by atoms with Crippen LogP contribution < -0.4 is 5.19 Å². The van der Waals surface area contributed by atoms with Crippen LogP contribution in [0.25, 0.3) is 55.9 Å². The molecule has 0 N–H and O–H groups in total. The van der Waals surface area contributed by atoms with Crippen molar-refractivity contribution in [2.75, 3.05) is 0 Å². The molecule has 5 aromatic carbocycles. The molecule has 1 aromatic heterocycles. The van der Waals surface area contributed by atoms with Crippen molar-refractivity contribution in [1.29, 1.82) is 0 Å². The molecule has 0 fully saturated rings. The topological polar surface area (TPSA) is 12.9 Å². The van der Waals surface area contributed by atoms with E-state index in [1.165, 1.54) is 49.7 Å². The fourth-order valence-corrected chi connectivity index (χ4v) is 7.63. The van der Waals surface area contributed by atoms with Crippen molar-refractivity contribution in [3.63, 3.8) is 0 Å². The Bertz CT molecular complexity index is 1910. The molecule has 0 saturated heterocycles. The molecule has 6 aromatic rings. The normalized spacial score (nSPS) is 13.4. The summed E-state index contributed by atoms with van der Waals surface area (Å²) in [5.41, 5.74) is 14.7. The fourth-order valence-electron chi connectivity index (χ4n) is 6.47. The molecule has 0 atom stereocenters. The Morgan fingerprint density at radius 1 is 0.442 bits per heavy atom. The first-order valence-corrected chi connectivity index (χ1v) is 18.7. The lowest BCUT2D eigenvalue weighted by atomic mass is 9.81. The molecule has 210 valence electrons. The van der Waals surface area contributed by atoms with E-state index >= 15 is 0 Å². The predicted octanol–water partition coefficient (Wildman–Crippen LogP) is 10.6. The molecule has 0 unspecified atom stereocenters. The van der Waals surface area contributed by atoms with Crippen LogP contribution in [0, 0.1) is 0 Å². The van der Waals surface area contributed by atoms with Gasteiger partial charge in [0.25, 0.3) is 0 Å². The van der Waals surface area contributed by atoms with Crippen molar-refractivity contribution in [2.24, 2.45) is 0 Å². The fraction of sp³-hybridized carbons (Fsp3) is 0.146. The van der Waals surface area contributed by atoms with Gasteiger partial charge in [0, 0.05) is 16.5 Å². The summed E-state index contributed by atoms with van der Waals surface area (Å²) in [6.07, 6.45) is 0. The molecule has 0 bridgehead atoms. The van der Waals surface area contributed by atoms with E-state index in [0.717, 1.165) is 22.5 Å². The van der Waals surface area contributed by atoms with Gasteiger partial charge in [0.05, 0.1) is 19.5 Å². The Hall–Kier alpha value is -4.53. The van der Waals surface area contributed by atoms with Gasteiger partial charge in [0.15, 0.2) is 0 Å². The van der Waals surface area contributed by atoms with Gasteiger partial charge in [-0.15, -0.1) is 0 Å². The van der Waals surface area contributed by atoms with Crippen LogP contribution in [-0.2, 0) is 5.41 Å². The molecule has 2 heteroatoms. The Balaban J connectivity index is 1.31. The van der Waals surface area contributed by atoms with Gasteiger partial charge in [-0.05, 0) is 68.8 Å². The summed E-state index contributed by atoms with van der Waals surface area (Å²) >= 11 is 0. The molecule has 1 nitrogen and oxygen atoms in total. The molecule has 7 rings (SSSR count). The van der Waals surface area contributed by atoms with E-state index in [9.17, 15) is 0 Å². The molecule has 0 saturated carbocycles. The first kappa shape index (κ1) is 27.3. The summed E-state index contributed by atoms with van der Waals surface area (Å²) in [4.78, 5) is 5.08. The van der Waals surface area contributed by atoms with Crippen molar-refractivity contribution < 1.29 is 0 Å². The quantitative estimate of drug-likeness (QED) is 0.188. The third-order valence-corrected chi connectivity index (χ3v) is 11.1. The van der Waals surface area contributed by atoms with E-state index < -0.39 is 8.07 Å². The highest BCUT2D eigenvalue weighted by Crippen LogP contribution is 2.49. The maximum Gasteiger partial charge on any atom is 0.0776 e. The maximum absolute atomic E-state index is 5.08. The highest BCUT2D eigenvalue weighted by Gasteiger charge is 2.36. The van der Waals surface area contributed by atoms with Gasteiger partial charge in [-0.25, -0.2) is 4.98 Å². The monoisotopic (exact) mass is 571 g/mol. The Morgan fingerprint density at radius 3 is 1.51 bits per heavy atom. The molecule has 1 heterocycles. The van der Waals surface area contributed by atoms with Crippen LogP contribution in [0.2, 0.25) is 19.6 Å². The Labute approximate surface area is 257 Å². The number of aromatic nitrogens is 1. The summed E-state index contributed by atoms with van der Waals surface area (Å²) < 4.78 is 0. The molecule has 0 spiro atoms. The van der Waals surface area contributed by atoms with Crippen molar-refractivity contribution in [2.45, 2.75) is 38.9 Å². The van der Waals surface area contributed by atoms with E-state index in [1.807, 2.05) is 0 Å². The van der Waals surface area contributed by atoms with Gasteiger partial charge >= 0.3 is 0 Å². The second-order valence-corrected chi connectivity index (χ2v) is 18.4. The van der Waals surface area contributed by atoms with E-state index in [2.05, 4.69) is 167 Å². The highest BCUT2D eigenvalue weighted by atomic mass is 28.3. The maximum atomic E-state index is 5.08. The lowest BCUT2D eigenvalue weighted by Gasteiger charge is -2.24. The average molecular weight is 572 g/mol. The summed E-state index contributed by atoms with van der Waals surface area (Å²) in [7, 11) is -1.40. The van der Waals surface area contributed by atoms with Crippen LogP contribution in [0.4, 0.5) is 0 Å². The third kappa shape index (κ3) is 4.96. The SMILES string of the molecule is CC1(C)c2cc(-c3cccc(-c4cc(-c5ccccc5)nc(-c5ccccc5)c4)c3)ccc2-c2ccc([Si](C)(C)C)cc21. The lowest BCUT2D eigenvalue weighted by molar-refractivity contribution is 0.661. The van der Waals surface area contributed by atoms with Gasteiger partial charge in [-0.3, -0.25) is 0 Å². The molecule has 43 heavy (non-hydrogen) atoms. The van der Waals surface area contributed by atoms with Crippen LogP contribution >= 0.6 is 0 Å². The van der Waals surface area contributed by atoms with Crippen LogP contribution in [-0.4, -0.2) is 13.1 Å². The average Bonchev–Trinajstić information content (AvgIpc) is 3.26. The standard InChI is InChI=1S/C41H37NSi/c1-41(2)37-24-32(19-21-35(37)36-22-20-34(27-38(36)41)43(3,4)5)30-17-12-18-31(23-30)33-25-39(28-13-8-6-9-14-28)42-40(26-33)29-15-10-7-11-16-29/h6-27H,1-5H3. The second kappa shape index (κ2) is 10.3. The largest absolute Gasteiger partial charge is 0.248 e. The number of pyridine rings is 1. The Morgan fingerprint density at radius 2 is 0.930 bits per heavy atom. The number of hydrogen-bond donors (Lipinski definition) is 0. The van der Waals surface area contributed by atoms with Crippen LogP contribution in [0.3, 0.4) is 0 Å². The molecule has 0 aliphatic heterocycles. The zero-order chi connectivity index (χ0) is 29.8. The second-order valence-electron chi connectivity index (χ2n) is 13.3. The van der Waals surface area contributed by atoms with Gasteiger partial charge in [-0.1, -0.05) is 148 Å². The number of fused-ring (bicyclic) bond motifs is 3. The zero-order valence-corrected chi connectivity index (χ0v) is 26.6. The van der Waals surface area contributed by atoms with Crippen LogP contribution in [0.1, 0.15) is 25.0 Å². The smallest absolute Gasteiger partial charge is 0.0776 e. The number of benzene rings is 5. The zero-order valence-electron chi connectivity index (χ0n) is 25.6. The molecule has 0 radical (unpaired) electrons. The van der Waals surface area contributed by atoms with Gasteiger partial charge < -0.3 is 0 Å². The molecular formula is C41H37NSi. The molecule has 1 aliphatic rings. The van der Waals surface area contributed by atoms with E-state index in [-0.39, 0.29) is 5.41 Å². The Kier molecular flexibility index (Phi) is 6.56. The number of hydrogen-bond acceptors (Lipinski definition) is 1. The summed E-state index contributed by atoms with van der Waals surface area (Å²) in [6, 6.07) is 48.7. The minimum absolute atomic E-state index is 0.0335. The van der Waals surface area contributed by atoms with Crippen molar-refractivity contribution >= 4 is 13.3 Å². The minimum Gasteiger partial charge on any atom is -0.248 e. The number of rotatable bonds is 5. The summed E-state index contributed by atoms with van der Waals surface area (Å²) in [5.74, 6) is 0. The van der Waals surface area contributed by atoms with Crippen molar-refractivity contribution in [3.05, 3.63) is 145 Å². The first-order chi connectivity index (χ1) is 20.7. The summed E-state index contributed by atoms with van der Waals surface area (Å²) in [6.45, 7) is 12.1. The highest BCUT2D eigenvalue weighted by molar-refractivity contribution is 6.88. The van der Waals surface area contributed by atoms with Gasteiger partial charge in [0.2, 0.25) is 0 Å². The van der Waals surface area contributed by atoms with Crippen molar-refractivity contribution in [1.82, 2.24) is 4.98 Å². The summed E-state index contributed by atoms with van der Waals surface area (Å²) in [5, 5.41) is 1.53. The van der Waals surface area contributed by atoms with Crippen LogP contribution in [0.15, 0.2) is 133 Å². The van der Waals surface area contributed by atoms with Gasteiger partial charge in [0.1, 0.15) is 0 Å². The first-order valence-electron chi connectivity index (χ1n) is 15.2. The molecule has 0 amide bonds. The van der Waals surface area contributed by atoms with Crippen molar-refractivity contribution in [3.8, 4) is 55.9 Å². The van der Waals surface area contributed by atoms with E-state index in [4.69, 9.17) is 4.98 Å². The lowest BCUT2D eigenvalue weighted by Crippen LogP contribution is -2.38. The van der Waals surface area contributed by atoms with Crippen LogP contribution in [0.5, 0.6) is 0 Å². The molecule has 1 aliphatic carbocycles. The predicted molar refractivity (Wildman–Crippen MR) is 187 cm³/mol. The van der Waals surface area contributed by atoms with Gasteiger partial charge in [-0.2, -0.15) is 0 Å². The molecular weight excluding hydrogens is 535 g/mol. The van der Waals surface area contributed by atoms with E-state index in [0.29, 0.717) is 0 Å².